The fraction of sp³-hybridized carbons (Fsp3) is 0.154. The van der Waals surface area contributed by atoms with Gasteiger partial charge in [0.1, 0.15) is 4.90 Å². The molecule has 0 fully saturated rings. The third-order valence-corrected chi connectivity index (χ3v) is 2.94. The molecule has 0 aliphatic rings. The van der Waals surface area contributed by atoms with Crippen molar-refractivity contribution in [3.63, 3.8) is 0 Å². The predicted octanol–water partition coefficient (Wildman–Crippen LogP) is 0.321. The Kier molecular flexibility index (Phi) is 7.75. The molecule has 0 saturated heterocycles. The molecular weight excluding hydrogens is 259 g/mol. The average Bonchev–Trinajstić information content (AvgIpc) is 2.28. The average molecular weight is 274 g/mol. The minimum atomic E-state index is -4.13. The van der Waals surface area contributed by atoms with Crippen LogP contribution in [0.15, 0.2) is 47.4 Å². The maximum atomic E-state index is 11.0. The molecule has 1 N–H and O–H groups in total. The van der Waals surface area contributed by atoms with E-state index in [1.54, 1.807) is 30.3 Å². The maximum Gasteiger partial charge on any atom is 1.00 e. The number of hydrogen-bond acceptors (Lipinski definition) is 2. The molecule has 2 aromatic carbocycles. The molecule has 2 aromatic rings. The normalized spacial score (nSPS) is 10.2. The molecule has 3 nitrogen and oxygen atoms in total. The summed E-state index contributed by atoms with van der Waals surface area (Å²) in [4.78, 5) is -0.0457. The zero-order chi connectivity index (χ0) is 12.9. The van der Waals surface area contributed by atoms with Gasteiger partial charge in [-0.15, -0.1) is 0 Å². The predicted molar refractivity (Wildman–Crippen MR) is 69.4 cm³/mol. The Morgan fingerprint density at radius 3 is 2.06 bits per heavy atom. The smallest absolute Gasteiger partial charge is 0.335 e. The van der Waals surface area contributed by atoms with Crippen LogP contribution in [0.3, 0.4) is 0 Å². The Hall–Kier alpha value is -0.390. The van der Waals surface area contributed by atoms with Crippen LogP contribution >= 0.6 is 0 Å². The molecule has 18 heavy (non-hydrogen) atoms. The summed E-state index contributed by atoms with van der Waals surface area (Å²) in [6.45, 7) is 4.00. The van der Waals surface area contributed by atoms with Crippen molar-refractivity contribution in [3.8, 4) is 0 Å². The Balaban J connectivity index is 0.000000660. The minimum Gasteiger partial charge on any atom is -0.335 e. The van der Waals surface area contributed by atoms with Gasteiger partial charge in [0.05, 0.1) is 0 Å². The molecule has 0 spiro atoms. The topological polar surface area (TPSA) is 54.4 Å². The molecule has 2 rings (SSSR count). The van der Waals surface area contributed by atoms with Gasteiger partial charge in [0.2, 0.25) is 0 Å². The fourth-order valence-electron chi connectivity index (χ4n) is 1.42. The van der Waals surface area contributed by atoms with E-state index in [4.69, 9.17) is 4.55 Å². The van der Waals surface area contributed by atoms with Crippen LogP contribution in [0, 0.1) is 6.42 Å². The second-order valence-electron chi connectivity index (χ2n) is 3.53. The van der Waals surface area contributed by atoms with Crippen LogP contribution in [0.5, 0.6) is 0 Å². The second kappa shape index (κ2) is 7.92. The van der Waals surface area contributed by atoms with Crippen LogP contribution in [0.25, 0.3) is 10.8 Å². The molecule has 92 valence electrons. The summed E-state index contributed by atoms with van der Waals surface area (Å²) in [6, 6.07) is 11.8. The van der Waals surface area contributed by atoms with E-state index in [0.29, 0.717) is 5.39 Å². The first-order valence-corrected chi connectivity index (χ1v) is 6.64. The fourth-order valence-corrected chi connectivity index (χ4v) is 2.13. The Bertz CT molecular complexity index is 589. The van der Waals surface area contributed by atoms with Crippen LogP contribution in [0.4, 0.5) is 0 Å². The molecule has 0 aliphatic heterocycles. The Morgan fingerprint density at radius 2 is 1.50 bits per heavy atom. The van der Waals surface area contributed by atoms with Crippen molar-refractivity contribution in [2.75, 3.05) is 0 Å². The molecule has 0 unspecified atom stereocenters. The summed E-state index contributed by atoms with van der Waals surface area (Å²) in [5.41, 5.74) is 0. The largest absolute Gasteiger partial charge is 1.00 e. The molecule has 0 amide bonds. The van der Waals surface area contributed by atoms with Crippen LogP contribution in [-0.4, -0.2) is 13.0 Å². The van der Waals surface area contributed by atoms with Crippen molar-refractivity contribution in [1.29, 1.82) is 0 Å². The van der Waals surface area contributed by atoms with Gasteiger partial charge in [0, 0.05) is 5.39 Å². The van der Waals surface area contributed by atoms with Gasteiger partial charge in [-0.3, -0.25) is 4.55 Å². The van der Waals surface area contributed by atoms with Gasteiger partial charge >= 0.3 is 29.6 Å². The van der Waals surface area contributed by atoms with Crippen LogP contribution in [0.2, 0.25) is 0 Å². The second-order valence-corrected chi connectivity index (χ2v) is 4.92. The van der Waals surface area contributed by atoms with Crippen molar-refractivity contribution < 1.29 is 42.5 Å². The summed E-state index contributed by atoms with van der Waals surface area (Å²) in [5, 5.41) is 1.33. The number of rotatable bonds is 1. The van der Waals surface area contributed by atoms with E-state index in [0.717, 1.165) is 5.39 Å². The van der Waals surface area contributed by atoms with Crippen molar-refractivity contribution >= 4 is 20.9 Å². The SMILES string of the molecule is C[CH-]C.O=S(=O)(O)c1cccc2ccccc12.[Na+]. The van der Waals surface area contributed by atoms with E-state index in [9.17, 15) is 8.42 Å². The summed E-state index contributed by atoms with van der Waals surface area (Å²) < 4.78 is 31.0. The first-order valence-electron chi connectivity index (χ1n) is 5.20. The van der Waals surface area contributed by atoms with E-state index in [-0.39, 0.29) is 34.5 Å². The third-order valence-electron chi connectivity index (χ3n) is 2.03. The molecule has 5 heteroatoms. The summed E-state index contributed by atoms with van der Waals surface area (Å²) in [6.07, 6.45) is 2.00. The van der Waals surface area contributed by atoms with Gasteiger partial charge in [-0.25, -0.2) is 0 Å². The molecule has 0 atom stereocenters. The number of hydrogen-bond donors (Lipinski definition) is 1. The molecule has 0 radical (unpaired) electrons. The van der Waals surface area contributed by atoms with Gasteiger partial charge in [-0.1, -0.05) is 36.4 Å². The van der Waals surface area contributed by atoms with Gasteiger partial charge in [-0.2, -0.15) is 22.3 Å². The number of benzene rings is 2. The zero-order valence-electron chi connectivity index (χ0n) is 10.8. The molecule has 0 aromatic heterocycles. The number of fused-ring (bicyclic) bond motifs is 1. The zero-order valence-corrected chi connectivity index (χ0v) is 13.6. The van der Waals surface area contributed by atoms with E-state index in [1.807, 2.05) is 26.3 Å². The van der Waals surface area contributed by atoms with E-state index in [1.165, 1.54) is 6.07 Å². The van der Waals surface area contributed by atoms with E-state index < -0.39 is 10.1 Å². The van der Waals surface area contributed by atoms with Crippen molar-refractivity contribution in [2.45, 2.75) is 18.7 Å². The monoisotopic (exact) mass is 274 g/mol. The summed E-state index contributed by atoms with van der Waals surface area (Å²) in [7, 11) is -4.13. The molecule has 0 heterocycles. The molecule has 0 aliphatic carbocycles. The maximum absolute atomic E-state index is 11.0. The van der Waals surface area contributed by atoms with Crippen LogP contribution in [0.1, 0.15) is 13.8 Å². The molecular formula is C13H15NaO3S. The van der Waals surface area contributed by atoms with E-state index >= 15 is 0 Å². The quantitative estimate of drug-likeness (QED) is 0.463. The molecule has 0 saturated carbocycles. The van der Waals surface area contributed by atoms with Gasteiger partial charge in [0.25, 0.3) is 10.1 Å². The van der Waals surface area contributed by atoms with Crippen LogP contribution in [-0.2, 0) is 10.1 Å². The Morgan fingerprint density at radius 1 is 1.00 bits per heavy atom. The van der Waals surface area contributed by atoms with E-state index in [2.05, 4.69) is 0 Å². The van der Waals surface area contributed by atoms with Gasteiger partial charge < -0.3 is 6.42 Å². The first kappa shape index (κ1) is 17.6. The summed E-state index contributed by atoms with van der Waals surface area (Å²) in [5.74, 6) is 0. The summed E-state index contributed by atoms with van der Waals surface area (Å²) >= 11 is 0. The van der Waals surface area contributed by atoms with Gasteiger partial charge in [-0.05, 0) is 11.5 Å². The van der Waals surface area contributed by atoms with Crippen molar-refractivity contribution in [2.24, 2.45) is 0 Å². The minimum absolute atomic E-state index is 0. The van der Waals surface area contributed by atoms with Crippen molar-refractivity contribution in [3.05, 3.63) is 48.9 Å². The standard InChI is InChI=1S/C10H8O3S.C3H7.Na/c11-14(12,13)10-7-3-5-8-4-1-2-6-9(8)10;1-3-2;/h1-7H,(H,11,12,13);3H,1-2H3;/q;-1;+1. The Labute approximate surface area is 130 Å². The third kappa shape index (κ3) is 4.71. The van der Waals surface area contributed by atoms with Crippen LogP contribution < -0.4 is 29.6 Å². The van der Waals surface area contributed by atoms with Gasteiger partial charge in [0.15, 0.2) is 0 Å². The van der Waals surface area contributed by atoms with Crippen molar-refractivity contribution in [1.82, 2.24) is 0 Å². The molecule has 0 bridgehead atoms. The first-order chi connectivity index (χ1) is 8.00.